The third kappa shape index (κ3) is 2.45. The van der Waals surface area contributed by atoms with Gasteiger partial charge >= 0.3 is 0 Å². The normalized spacial score (nSPS) is 28.3. The first-order valence-electron chi connectivity index (χ1n) is 7.39. The molecule has 2 heteroatoms. The molecule has 3 rings (SSSR count). The van der Waals surface area contributed by atoms with Crippen LogP contribution in [-0.4, -0.2) is 17.5 Å². The van der Waals surface area contributed by atoms with Crippen molar-refractivity contribution in [3.05, 3.63) is 35.4 Å². The van der Waals surface area contributed by atoms with Crippen molar-refractivity contribution in [2.45, 2.75) is 51.2 Å². The van der Waals surface area contributed by atoms with E-state index in [4.69, 9.17) is 5.73 Å². The van der Waals surface area contributed by atoms with Gasteiger partial charge in [-0.05, 0) is 42.9 Å². The Morgan fingerprint density at radius 1 is 1.11 bits per heavy atom. The molecule has 2 fully saturated rings. The molecular weight excluding hydrogens is 220 g/mol. The molecule has 2 N–H and O–H groups in total. The lowest BCUT2D eigenvalue weighted by Gasteiger charge is -2.31. The van der Waals surface area contributed by atoms with Crippen LogP contribution in [-0.2, 0) is 13.1 Å². The molecular formula is C16H24N2. The van der Waals surface area contributed by atoms with Gasteiger partial charge in [0.2, 0.25) is 0 Å². The van der Waals surface area contributed by atoms with Crippen molar-refractivity contribution < 1.29 is 0 Å². The Hall–Kier alpha value is -0.860. The summed E-state index contributed by atoms with van der Waals surface area (Å²) in [5.74, 6) is 0.983. The van der Waals surface area contributed by atoms with Crippen LogP contribution in [0.2, 0.25) is 0 Å². The van der Waals surface area contributed by atoms with Gasteiger partial charge in [0.1, 0.15) is 0 Å². The lowest BCUT2D eigenvalue weighted by molar-refractivity contribution is 0.176. The minimum absolute atomic E-state index is 0.653. The van der Waals surface area contributed by atoms with Crippen molar-refractivity contribution in [3.63, 3.8) is 0 Å². The van der Waals surface area contributed by atoms with Crippen molar-refractivity contribution in [1.82, 2.24) is 4.90 Å². The zero-order valence-corrected chi connectivity index (χ0v) is 11.1. The number of hydrogen-bond donors (Lipinski definition) is 1. The highest BCUT2D eigenvalue weighted by molar-refractivity contribution is 5.23. The van der Waals surface area contributed by atoms with Crippen LogP contribution in [0.4, 0.5) is 0 Å². The van der Waals surface area contributed by atoms with Crippen LogP contribution in [0.3, 0.4) is 0 Å². The third-order valence-electron chi connectivity index (χ3n) is 4.74. The van der Waals surface area contributed by atoms with Crippen LogP contribution in [0.1, 0.15) is 43.2 Å². The van der Waals surface area contributed by atoms with Gasteiger partial charge in [0.25, 0.3) is 0 Å². The molecule has 2 nitrogen and oxygen atoms in total. The van der Waals surface area contributed by atoms with Crippen molar-refractivity contribution >= 4 is 0 Å². The maximum atomic E-state index is 5.72. The highest BCUT2D eigenvalue weighted by Gasteiger charge is 2.35. The molecule has 0 aromatic heterocycles. The van der Waals surface area contributed by atoms with Crippen LogP contribution >= 0.6 is 0 Å². The molecule has 1 aromatic carbocycles. The SMILES string of the molecule is NCc1cccc(CN2CCC3CCCCC32)c1. The van der Waals surface area contributed by atoms with E-state index in [-0.39, 0.29) is 0 Å². The minimum atomic E-state index is 0.653. The molecule has 1 aliphatic heterocycles. The molecule has 1 heterocycles. The number of nitrogens with zero attached hydrogens (tertiary/aromatic N) is 1. The largest absolute Gasteiger partial charge is 0.326 e. The molecule has 2 unspecified atom stereocenters. The minimum Gasteiger partial charge on any atom is -0.326 e. The van der Waals surface area contributed by atoms with Crippen LogP contribution < -0.4 is 5.73 Å². The molecule has 98 valence electrons. The molecule has 1 saturated heterocycles. The second-order valence-corrected chi connectivity index (χ2v) is 5.90. The van der Waals surface area contributed by atoms with Gasteiger partial charge in [0.05, 0.1) is 0 Å². The number of rotatable bonds is 3. The van der Waals surface area contributed by atoms with Gasteiger partial charge in [-0.15, -0.1) is 0 Å². The first kappa shape index (κ1) is 12.2. The Morgan fingerprint density at radius 3 is 2.83 bits per heavy atom. The summed E-state index contributed by atoms with van der Waals surface area (Å²) in [5, 5.41) is 0. The van der Waals surface area contributed by atoms with Gasteiger partial charge in [-0.25, -0.2) is 0 Å². The van der Waals surface area contributed by atoms with Gasteiger partial charge in [0, 0.05) is 19.1 Å². The fourth-order valence-corrected chi connectivity index (χ4v) is 3.79. The average Bonchev–Trinajstić information content (AvgIpc) is 2.83. The van der Waals surface area contributed by atoms with E-state index >= 15 is 0 Å². The second-order valence-electron chi connectivity index (χ2n) is 5.90. The van der Waals surface area contributed by atoms with Gasteiger partial charge < -0.3 is 5.73 Å². The van der Waals surface area contributed by atoms with E-state index < -0.39 is 0 Å². The summed E-state index contributed by atoms with van der Waals surface area (Å²) in [6.07, 6.45) is 7.19. The Balaban J connectivity index is 1.68. The molecule has 0 radical (unpaired) electrons. The summed E-state index contributed by atoms with van der Waals surface area (Å²) in [5.41, 5.74) is 8.41. The fraction of sp³-hybridized carbons (Fsp3) is 0.625. The highest BCUT2D eigenvalue weighted by Crippen LogP contribution is 2.36. The number of benzene rings is 1. The molecule has 2 aliphatic rings. The summed E-state index contributed by atoms with van der Waals surface area (Å²) < 4.78 is 0. The third-order valence-corrected chi connectivity index (χ3v) is 4.74. The zero-order valence-electron chi connectivity index (χ0n) is 11.1. The van der Waals surface area contributed by atoms with Crippen LogP contribution in [0.25, 0.3) is 0 Å². The van der Waals surface area contributed by atoms with Crippen LogP contribution in [0.5, 0.6) is 0 Å². The molecule has 1 saturated carbocycles. The van der Waals surface area contributed by atoms with Crippen molar-refractivity contribution in [3.8, 4) is 0 Å². The summed E-state index contributed by atoms with van der Waals surface area (Å²) in [6, 6.07) is 9.65. The molecule has 2 atom stereocenters. The van der Waals surface area contributed by atoms with Crippen molar-refractivity contribution in [2.24, 2.45) is 11.7 Å². The second kappa shape index (κ2) is 5.41. The van der Waals surface area contributed by atoms with Gasteiger partial charge in [-0.3, -0.25) is 4.90 Å². The summed E-state index contributed by atoms with van der Waals surface area (Å²) in [6.45, 7) is 3.07. The number of hydrogen-bond acceptors (Lipinski definition) is 2. The topological polar surface area (TPSA) is 29.3 Å². The van der Waals surface area contributed by atoms with E-state index in [1.807, 2.05) is 0 Å². The summed E-state index contributed by atoms with van der Waals surface area (Å²) >= 11 is 0. The highest BCUT2D eigenvalue weighted by atomic mass is 15.2. The van der Waals surface area contributed by atoms with Gasteiger partial charge in [0.15, 0.2) is 0 Å². The molecule has 1 aliphatic carbocycles. The van der Waals surface area contributed by atoms with E-state index in [9.17, 15) is 0 Å². The van der Waals surface area contributed by atoms with E-state index in [1.54, 1.807) is 0 Å². The van der Waals surface area contributed by atoms with Gasteiger partial charge in [-0.2, -0.15) is 0 Å². The number of likely N-dealkylation sites (tertiary alicyclic amines) is 1. The predicted molar refractivity (Wildman–Crippen MR) is 75.1 cm³/mol. The Morgan fingerprint density at radius 2 is 1.94 bits per heavy atom. The Kier molecular flexibility index (Phi) is 3.67. The van der Waals surface area contributed by atoms with Crippen molar-refractivity contribution in [2.75, 3.05) is 6.54 Å². The van der Waals surface area contributed by atoms with E-state index in [1.165, 1.54) is 49.8 Å². The molecule has 0 amide bonds. The predicted octanol–water partition coefficient (Wildman–Crippen LogP) is 2.91. The monoisotopic (exact) mass is 244 g/mol. The fourth-order valence-electron chi connectivity index (χ4n) is 3.79. The lowest BCUT2D eigenvalue weighted by atomic mass is 9.85. The van der Waals surface area contributed by atoms with Gasteiger partial charge in [-0.1, -0.05) is 37.1 Å². The average molecular weight is 244 g/mol. The molecule has 0 spiro atoms. The Labute approximate surface area is 110 Å². The van der Waals surface area contributed by atoms with E-state index in [0.717, 1.165) is 18.5 Å². The van der Waals surface area contributed by atoms with Crippen molar-refractivity contribution in [1.29, 1.82) is 0 Å². The summed E-state index contributed by atoms with van der Waals surface area (Å²) in [4.78, 5) is 2.71. The molecule has 1 aromatic rings. The standard InChI is InChI=1S/C16H24N2/c17-11-13-4-3-5-14(10-13)12-18-9-8-15-6-1-2-7-16(15)18/h3-5,10,15-16H,1-2,6-9,11-12,17H2. The first-order valence-corrected chi connectivity index (χ1v) is 7.39. The zero-order chi connectivity index (χ0) is 12.4. The Bertz CT molecular complexity index is 402. The maximum absolute atomic E-state index is 5.72. The van der Waals surface area contributed by atoms with Crippen LogP contribution in [0.15, 0.2) is 24.3 Å². The molecule has 18 heavy (non-hydrogen) atoms. The lowest BCUT2D eigenvalue weighted by Crippen LogP contribution is -2.34. The maximum Gasteiger partial charge on any atom is 0.0236 e. The van der Waals surface area contributed by atoms with Crippen LogP contribution in [0, 0.1) is 5.92 Å². The molecule has 0 bridgehead atoms. The first-order chi connectivity index (χ1) is 8.86. The number of fused-ring (bicyclic) bond motifs is 1. The number of nitrogens with two attached hydrogens (primary N) is 1. The smallest absolute Gasteiger partial charge is 0.0236 e. The van der Waals surface area contributed by atoms with E-state index in [2.05, 4.69) is 29.2 Å². The quantitative estimate of drug-likeness (QED) is 0.886. The van der Waals surface area contributed by atoms with E-state index in [0.29, 0.717) is 6.54 Å². The summed E-state index contributed by atoms with van der Waals surface area (Å²) in [7, 11) is 0.